The maximum absolute atomic E-state index is 10.7. The van der Waals surface area contributed by atoms with E-state index in [1.54, 1.807) is 0 Å². The number of imidazole rings is 1. The molecule has 2 heterocycles. The number of aromatic amines is 1. The van der Waals surface area contributed by atoms with Crippen molar-refractivity contribution in [1.82, 2.24) is 9.97 Å². The summed E-state index contributed by atoms with van der Waals surface area (Å²) in [5.41, 5.74) is 0.858. The van der Waals surface area contributed by atoms with Gasteiger partial charge >= 0.3 is 0 Å². The molecule has 0 saturated heterocycles. The average molecular weight is 202 g/mol. The summed E-state index contributed by atoms with van der Waals surface area (Å²) < 4.78 is 0.664. The van der Waals surface area contributed by atoms with Crippen LogP contribution in [-0.4, -0.2) is 15.9 Å². The van der Waals surface area contributed by atoms with Gasteiger partial charge in [-0.3, -0.25) is 4.79 Å². The van der Waals surface area contributed by atoms with Gasteiger partial charge in [0.05, 0.1) is 12.1 Å². The molecule has 1 aliphatic heterocycles. The summed E-state index contributed by atoms with van der Waals surface area (Å²) in [6, 6.07) is 0. The molecular weight excluding hydrogens is 198 g/mol. The smallest absolute Gasteiger partial charge is 0.231 e. The zero-order valence-electron chi connectivity index (χ0n) is 4.94. The van der Waals surface area contributed by atoms with Crippen molar-refractivity contribution in [3.8, 4) is 0 Å². The Morgan fingerprint density at radius 2 is 2.40 bits per heavy atom. The van der Waals surface area contributed by atoms with E-state index in [4.69, 9.17) is 0 Å². The number of H-pyrrole nitrogens is 1. The molecule has 2 N–H and O–H groups in total. The lowest BCUT2D eigenvalue weighted by Gasteiger charge is -1.85. The van der Waals surface area contributed by atoms with Gasteiger partial charge in [0, 0.05) is 0 Å². The highest BCUT2D eigenvalue weighted by Gasteiger charge is 2.20. The second-order valence-corrected chi connectivity index (χ2v) is 2.83. The van der Waals surface area contributed by atoms with Gasteiger partial charge < -0.3 is 10.3 Å². The summed E-state index contributed by atoms with van der Waals surface area (Å²) in [5.74, 6) is 0.651. The number of hydrogen-bond donors (Lipinski definition) is 2. The van der Waals surface area contributed by atoms with Crippen molar-refractivity contribution in [3.63, 3.8) is 0 Å². The molecule has 0 bridgehead atoms. The van der Waals surface area contributed by atoms with Gasteiger partial charge in [0.15, 0.2) is 10.6 Å². The summed E-state index contributed by atoms with van der Waals surface area (Å²) in [4.78, 5) is 17.6. The minimum absolute atomic E-state index is 0.00116. The number of hydrogen-bond acceptors (Lipinski definition) is 2. The van der Waals surface area contributed by atoms with Crippen molar-refractivity contribution >= 4 is 27.7 Å². The summed E-state index contributed by atoms with van der Waals surface area (Å²) in [6.45, 7) is 0. The fraction of sp³-hybridized carbons (Fsp3) is 0.200. The third-order valence-corrected chi connectivity index (χ3v) is 1.72. The van der Waals surface area contributed by atoms with Crippen LogP contribution in [0.2, 0.25) is 0 Å². The van der Waals surface area contributed by atoms with E-state index in [1.165, 1.54) is 0 Å². The molecule has 0 aliphatic carbocycles. The van der Waals surface area contributed by atoms with Gasteiger partial charge in [0.2, 0.25) is 5.91 Å². The zero-order chi connectivity index (χ0) is 7.14. The van der Waals surface area contributed by atoms with Crippen LogP contribution in [0.5, 0.6) is 0 Å². The fourth-order valence-electron chi connectivity index (χ4n) is 0.945. The second-order valence-electron chi connectivity index (χ2n) is 2.08. The predicted molar refractivity (Wildman–Crippen MR) is 38.6 cm³/mol. The largest absolute Gasteiger partial charge is 0.334 e. The summed E-state index contributed by atoms with van der Waals surface area (Å²) in [6.07, 6.45) is 0.411. The third-order valence-electron chi connectivity index (χ3n) is 1.35. The maximum Gasteiger partial charge on any atom is 0.231 e. The van der Waals surface area contributed by atoms with E-state index < -0.39 is 0 Å². The van der Waals surface area contributed by atoms with Crippen molar-refractivity contribution < 1.29 is 4.79 Å². The Bertz CT molecular complexity index is 268. The molecule has 10 heavy (non-hydrogen) atoms. The van der Waals surface area contributed by atoms with E-state index in [-0.39, 0.29) is 5.91 Å². The van der Waals surface area contributed by atoms with Crippen LogP contribution in [0.1, 0.15) is 5.69 Å². The minimum atomic E-state index is 0.00116. The Kier molecular flexibility index (Phi) is 1.08. The monoisotopic (exact) mass is 201 g/mol. The normalized spacial score (nSPS) is 15.1. The summed E-state index contributed by atoms with van der Waals surface area (Å²) in [7, 11) is 0. The van der Waals surface area contributed by atoms with Crippen molar-refractivity contribution in [2.45, 2.75) is 6.42 Å². The number of halogens is 1. The van der Waals surface area contributed by atoms with Crippen molar-refractivity contribution in [3.05, 3.63) is 10.4 Å². The molecule has 1 aromatic rings. The summed E-state index contributed by atoms with van der Waals surface area (Å²) >= 11 is 3.16. The first-order valence-electron chi connectivity index (χ1n) is 2.80. The van der Waals surface area contributed by atoms with Crippen LogP contribution < -0.4 is 5.32 Å². The molecule has 1 amide bonds. The lowest BCUT2D eigenvalue weighted by Crippen LogP contribution is -2.05. The summed E-state index contributed by atoms with van der Waals surface area (Å²) in [5, 5.41) is 2.61. The predicted octanol–water partition coefficient (Wildman–Crippen LogP) is 0.667. The van der Waals surface area contributed by atoms with Crippen molar-refractivity contribution in [1.29, 1.82) is 0 Å². The fourth-order valence-corrected chi connectivity index (χ4v) is 1.36. The van der Waals surface area contributed by atoms with Gasteiger partial charge in [-0.05, 0) is 15.9 Å². The Labute approximate surface area is 65.2 Å². The number of fused-ring (bicyclic) bond motifs is 1. The van der Waals surface area contributed by atoms with Gasteiger partial charge in [-0.25, -0.2) is 4.98 Å². The van der Waals surface area contributed by atoms with E-state index >= 15 is 0 Å². The Balaban J connectivity index is 2.47. The Morgan fingerprint density at radius 1 is 1.60 bits per heavy atom. The van der Waals surface area contributed by atoms with Gasteiger partial charge in [0.25, 0.3) is 0 Å². The van der Waals surface area contributed by atoms with E-state index in [9.17, 15) is 4.79 Å². The zero-order valence-corrected chi connectivity index (χ0v) is 6.53. The number of carbonyl (C=O) groups is 1. The highest BCUT2D eigenvalue weighted by Crippen LogP contribution is 2.21. The molecule has 0 spiro atoms. The van der Waals surface area contributed by atoms with Crippen LogP contribution >= 0.6 is 15.9 Å². The van der Waals surface area contributed by atoms with E-state index in [2.05, 4.69) is 31.2 Å². The first-order valence-corrected chi connectivity index (χ1v) is 3.59. The number of nitrogens with one attached hydrogen (secondary N) is 2. The van der Waals surface area contributed by atoms with Crippen LogP contribution in [0.4, 0.5) is 5.82 Å². The standard InChI is InChI=1S/C5H4BrN3O/c6-5-7-2-1-3(10)8-4(2)9-5/h1H2,(H,7,9)(H,8,10). The minimum Gasteiger partial charge on any atom is -0.334 e. The molecular formula is C5H4BrN3O. The molecule has 1 aliphatic rings. The molecule has 4 nitrogen and oxygen atoms in total. The van der Waals surface area contributed by atoms with E-state index in [1.807, 2.05) is 0 Å². The van der Waals surface area contributed by atoms with Crippen LogP contribution in [-0.2, 0) is 11.2 Å². The van der Waals surface area contributed by atoms with Gasteiger partial charge in [-0.1, -0.05) is 0 Å². The first kappa shape index (κ1) is 5.91. The Morgan fingerprint density at radius 3 is 3.10 bits per heavy atom. The SMILES string of the molecule is O=C1Cc2[nH]c(Br)nc2N1. The number of carbonyl (C=O) groups excluding carboxylic acids is 1. The average Bonchev–Trinajstić information content (AvgIpc) is 2.21. The van der Waals surface area contributed by atoms with Gasteiger partial charge in [-0.2, -0.15) is 0 Å². The number of rotatable bonds is 0. The number of nitrogens with zero attached hydrogens (tertiary/aromatic N) is 1. The molecule has 5 heteroatoms. The van der Waals surface area contributed by atoms with Crippen LogP contribution in [0.15, 0.2) is 4.73 Å². The molecule has 0 fully saturated rings. The van der Waals surface area contributed by atoms with E-state index in [0.29, 0.717) is 17.0 Å². The molecule has 0 aromatic carbocycles. The molecule has 0 saturated carbocycles. The van der Waals surface area contributed by atoms with Gasteiger partial charge in [0.1, 0.15) is 0 Å². The highest BCUT2D eigenvalue weighted by molar-refractivity contribution is 9.10. The number of anilines is 1. The van der Waals surface area contributed by atoms with Crippen molar-refractivity contribution in [2.75, 3.05) is 5.32 Å². The number of aromatic nitrogens is 2. The van der Waals surface area contributed by atoms with E-state index in [0.717, 1.165) is 5.69 Å². The van der Waals surface area contributed by atoms with Crippen molar-refractivity contribution in [2.24, 2.45) is 0 Å². The molecule has 0 atom stereocenters. The van der Waals surface area contributed by atoms with Gasteiger partial charge in [-0.15, -0.1) is 0 Å². The second kappa shape index (κ2) is 1.82. The number of amides is 1. The van der Waals surface area contributed by atoms with Crippen LogP contribution in [0.25, 0.3) is 0 Å². The molecule has 0 unspecified atom stereocenters. The lowest BCUT2D eigenvalue weighted by molar-refractivity contribution is -0.115. The van der Waals surface area contributed by atoms with Crippen LogP contribution in [0, 0.1) is 0 Å². The quantitative estimate of drug-likeness (QED) is 0.649. The highest BCUT2D eigenvalue weighted by atomic mass is 79.9. The first-order chi connectivity index (χ1) is 4.75. The topological polar surface area (TPSA) is 57.8 Å². The molecule has 52 valence electrons. The Hall–Kier alpha value is -0.840. The molecule has 0 radical (unpaired) electrons. The maximum atomic E-state index is 10.7. The van der Waals surface area contributed by atoms with Crippen LogP contribution in [0.3, 0.4) is 0 Å². The third kappa shape index (κ3) is 0.740. The molecule has 2 rings (SSSR count). The lowest BCUT2D eigenvalue weighted by atomic mass is 10.4. The molecule has 1 aromatic heterocycles.